The summed E-state index contributed by atoms with van der Waals surface area (Å²) < 4.78 is 39.1. The van der Waals surface area contributed by atoms with E-state index in [0.29, 0.717) is 24.1 Å². The van der Waals surface area contributed by atoms with Crippen LogP contribution in [0.3, 0.4) is 0 Å². The third-order valence-electron chi connectivity index (χ3n) is 6.17. The number of hydrogen-bond donors (Lipinski definition) is 0. The summed E-state index contributed by atoms with van der Waals surface area (Å²) in [6, 6.07) is 14.5. The molecule has 0 radical (unpaired) electrons. The molecule has 0 N–H and O–H groups in total. The van der Waals surface area contributed by atoms with E-state index >= 15 is 0 Å². The Hall–Kier alpha value is -2.80. The van der Waals surface area contributed by atoms with Crippen molar-refractivity contribution in [1.82, 2.24) is 4.98 Å². The summed E-state index contributed by atoms with van der Waals surface area (Å²) in [7, 11) is -3.88. The van der Waals surface area contributed by atoms with Gasteiger partial charge >= 0.3 is 0 Å². The molecule has 0 spiro atoms. The van der Waals surface area contributed by atoms with Gasteiger partial charge in [0.1, 0.15) is 5.75 Å². The highest BCUT2D eigenvalue weighted by atomic mass is 32.2. The highest BCUT2D eigenvalue weighted by Gasteiger charge is 2.32. The number of ether oxygens (including phenoxy) is 1. The van der Waals surface area contributed by atoms with Gasteiger partial charge in [0.25, 0.3) is 0 Å². The Balaban J connectivity index is 1.77. The molecule has 7 heteroatoms. The van der Waals surface area contributed by atoms with Crippen LogP contribution >= 0.6 is 0 Å². The molecular weight excluding hydrogens is 448 g/mol. The fourth-order valence-corrected chi connectivity index (χ4v) is 5.50. The maximum Gasteiger partial charge on any atom is 0.236 e. The Morgan fingerprint density at radius 1 is 0.941 bits per heavy atom. The van der Waals surface area contributed by atoms with E-state index in [1.165, 1.54) is 5.56 Å². The largest absolute Gasteiger partial charge is 0.494 e. The van der Waals surface area contributed by atoms with Crippen molar-refractivity contribution in [3.8, 4) is 17.2 Å². The summed E-state index contributed by atoms with van der Waals surface area (Å²) in [5, 5.41) is -0.0199. The van der Waals surface area contributed by atoms with Crippen molar-refractivity contribution in [2.24, 2.45) is 0 Å². The normalized spacial score (nSPS) is 15.2. The molecule has 2 aromatic carbocycles. The van der Waals surface area contributed by atoms with Gasteiger partial charge in [-0.15, -0.1) is 0 Å². The van der Waals surface area contributed by atoms with Gasteiger partial charge in [-0.05, 0) is 67.1 Å². The van der Waals surface area contributed by atoms with Gasteiger partial charge < -0.3 is 14.1 Å². The number of benzene rings is 2. The van der Waals surface area contributed by atoms with Crippen molar-refractivity contribution in [3.05, 3.63) is 54.1 Å². The Labute approximate surface area is 202 Å². The Kier molecular flexibility index (Phi) is 7.03. The number of oxazole rings is 1. The van der Waals surface area contributed by atoms with E-state index in [1.807, 2.05) is 36.1 Å². The molecule has 2 heterocycles. The number of hydrogen-bond acceptors (Lipinski definition) is 6. The number of anilines is 1. The van der Waals surface area contributed by atoms with Crippen molar-refractivity contribution in [1.29, 1.82) is 0 Å². The number of rotatable bonds is 6. The molecule has 0 amide bonds. The first-order valence-corrected chi connectivity index (χ1v) is 13.5. The van der Waals surface area contributed by atoms with E-state index in [2.05, 4.69) is 25.8 Å². The number of aromatic nitrogens is 1. The fourth-order valence-electron chi connectivity index (χ4n) is 4.18. The van der Waals surface area contributed by atoms with Gasteiger partial charge in [0.15, 0.2) is 0 Å². The molecule has 1 fully saturated rings. The van der Waals surface area contributed by atoms with Crippen LogP contribution in [0.4, 0.5) is 5.88 Å². The first-order valence-electron chi connectivity index (χ1n) is 12.0. The van der Waals surface area contributed by atoms with E-state index in [9.17, 15) is 8.42 Å². The Bertz CT molecular complexity index is 1200. The molecule has 0 aliphatic carbocycles. The lowest BCUT2D eigenvalue weighted by molar-refractivity contribution is 0.340. The van der Waals surface area contributed by atoms with Crippen LogP contribution in [0.25, 0.3) is 11.5 Å². The minimum Gasteiger partial charge on any atom is -0.494 e. The average molecular weight is 483 g/mol. The molecule has 1 aromatic heterocycles. The van der Waals surface area contributed by atoms with Gasteiger partial charge in [0.05, 0.1) is 11.5 Å². The lowest BCUT2D eigenvalue weighted by atomic mass is 9.87. The van der Waals surface area contributed by atoms with Crippen LogP contribution in [0.1, 0.15) is 58.9 Å². The van der Waals surface area contributed by atoms with Crippen molar-refractivity contribution < 1.29 is 17.6 Å². The van der Waals surface area contributed by atoms with E-state index in [1.54, 1.807) is 24.3 Å². The fraction of sp³-hybridized carbons (Fsp3) is 0.444. The lowest BCUT2D eigenvalue weighted by Crippen LogP contribution is -2.25. The third kappa shape index (κ3) is 5.14. The van der Waals surface area contributed by atoms with Gasteiger partial charge in [-0.25, -0.2) is 8.42 Å². The quantitative estimate of drug-likeness (QED) is 0.413. The number of nitrogens with zero attached hydrogens (tertiary/aromatic N) is 2. The van der Waals surface area contributed by atoms with Crippen LogP contribution in [0.15, 0.2) is 62.9 Å². The summed E-state index contributed by atoms with van der Waals surface area (Å²) in [6.07, 6.45) is 4.26. The zero-order chi connectivity index (χ0) is 24.3. The van der Waals surface area contributed by atoms with Crippen LogP contribution in [0, 0.1) is 0 Å². The highest BCUT2D eigenvalue weighted by Crippen LogP contribution is 2.36. The van der Waals surface area contributed by atoms with Crippen molar-refractivity contribution in [2.75, 3.05) is 24.6 Å². The smallest absolute Gasteiger partial charge is 0.236 e. The maximum absolute atomic E-state index is 13.7. The summed E-state index contributed by atoms with van der Waals surface area (Å²) in [4.78, 5) is 6.77. The van der Waals surface area contributed by atoms with E-state index in [4.69, 9.17) is 9.15 Å². The summed E-state index contributed by atoms with van der Waals surface area (Å²) in [6.45, 7) is 10.4. The molecule has 1 aliphatic rings. The predicted molar refractivity (Wildman–Crippen MR) is 134 cm³/mol. The van der Waals surface area contributed by atoms with Crippen LogP contribution in [0.2, 0.25) is 0 Å². The van der Waals surface area contributed by atoms with E-state index in [0.717, 1.165) is 44.3 Å². The molecule has 0 unspecified atom stereocenters. The van der Waals surface area contributed by atoms with Gasteiger partial charge in [-0.1, -0.05) is 45.7 Å². The monoisotopic (exact) mass is 482 g/mol. The second-order valence-electron chi connectivity index (χ2n) is 9.77. The zero-order valence-electron chi connectivity index (χ0n) is 20.5. The number of sulfone groups is 1. The second-order valence-corrected chi connectivity index (χ2v) is 11.6. The molecule has 182 valence electrons. The first-order chi connectivity index (χ1) is 16.2. The third-order valence-corrected chi connectivity index (χ3v) is 7.84. The molecular formula is C27H34N2O4S. The summed E-state index contributed by atoms with van der Waals surface area (Å²) in [5.74, 6) is 1.30. The second kappa shape index (κ2) is 9.82. The standard InChI is InChI=1S/C27H34N2O4S/c1-5-32-22-14-16-23(17-15-22)34(30,31)25-26(29-18-8-6-7-9-19-29)33-24(28-25)20-10-12-21(13-11-20)27(2,3)4/h10-17H,5-9,18-19H2,1-4H3. The van der Waals surface area contributed by atoms with E-state index < -0.39 is 9.84 Å². The molecule has 34 heavy (non-hydrogen) atoms. The molecule has 0 saturated carbocycles. The zero-order valence-corrected chi connectivity index (χ0v) is 21.3. The minimum atomic E-state index is -3.88. The van der Waals surface area contributed by atoms with Gasteiger partial charge in [0.2, 0.25) is 26.6 Å². The molecule has 4 rings (SSSR count). The van der Waals surface area contributed by atoms with Crippen LogP contribution < -0.4 is 9.64 Å². The van der Waals surface area contributed by atoms with Crippen molar-refractivity contribution in [2.45, 2.75) is 68.7 Å². The summed E-state index contributed by atoms with van der Waals surface area (Å²) >= 11 is 0. The highest BCUT2D eigenvalue weighted by molar-refractivity contribution is 7.91. The Morgan fingerprint density at radius 2 is 1.56 bits per heavy atom. The average Bonchev–Trinajstić information content (AvgIpc) is 3.09. The van der Waals surface area contributed by atoms with E-state index in [-0.39, 0.29) is 15.3 Å². The Morgan fingerprint density at radius 3 is 2.12 bits per heavy atom. The van der Waals surface area contributed by atoms with Crippen LogP contribution in [0.5, 0.6) is 5.75 Å². The molecule has 3 aromatic rings. The minimum absolute atomic E-state index is 0.0199. The predicted octanol–water partition coefficient (Wildman–Crippen LogP) is 6.25. The summed E-state index contributed by atoms with van der Waals surface area (Å²) in [5.41, 5.74) is 1.98. The van der Waals surface area contributed by atoms with Gasteiger partial charge in [0, 0.05) is 18.7 Å². The lowest BCUT2D eigenvalue weighted by Gasteiger charge is -2.20. The topological polar surface area (TPSA) is 72.6 Å². The van der Waals surface area contributed by atoms with Gasteiger partial charge in [-0.2, -0.15) is 4.98 Å². The maximum atomic E-state index is 13.7. The molecule has 0 bridgehead atoms. The molecule has 1 aliphatic heterocycles. The van der Waals surface area contributed by atoms with Crippen LogP contribution in [-0.4, -0.2) is 33.1 Å². The van der Waals surface area contributed by atoms with Crippen LogP contribution in [-0.2, 0) is 15.3 Å². The molecule has 1 saturated heterocycles. The van der Waals surface area contributed by atoms with Crippen molar-refractivity contribution in [3.63, 3.8) is 0 Å². The molecule has 0 atom stereocenters. The van der Waals surface area contributed by atoms with Gasteiger partial charge in [-0.3, -0.25) is 0 Å². The first kappa shape index (κ1) is 24.3. The molecule has 6 nitrogen and oxygen atoms in total. The SMILES string of the molecule is CCOc1ccc(S(=O)(=O)c2nc(-c3ccc(C(C)(C)C)cc3)oc2N2CCCCCC2)cc1. The van der Waals surface area contributed by atoms with Crippen molar-refractivity contribution >= 4 is 15.7 Å².